The second-order valence-electron chi connectivity index (χ2n) is 5.37. The molecule has 1 atom stereocenters. The van der Waals surface area contributed by atoms with Crippen LogP contribution in [-0.2, 0) is 6.42 Å². The van der Waals surface area contributed by atoms with E-state index >= 15 is 0 Å². The molecule has 0 aliphatic carbocycles. The van der Waals surface area contributed by atoms with E-state index in [0.717, 1.165) is 31.6 Å². The van der Waals surface area contributed by atoms with Gasteiger partial charge in [0.1, 0.15) is 18.0 Å². The minimum Gasteiger partial charge on any atom is -0.330 e. The normalized spacial score (nSPS) is 18.2. The van der Waals surface area contributed by atoms with E-state index in [1.54, 1.807) is 12.3 Å². The van der Waals surface area contributed by atoms with E-state index in [2.05, 4.69) is 31.8 Å². The molecule has 7 nitrogen and oxygen atoms in total. The molecular formula is C15H20N6O. The topological polar surface area (TPSA) is 75.9 Å². The minimum atomic E-state index is -0.110. The standard InChI is InChI=1S/C15H20N6O/c1-2-14-17-7-9-21(14)12-4-3-8-20(10-12)15(22)19-13-5-6-16-11-18-13/h5-7,9,11-12H,2-4,8,10H2,1H3,(H,16,18,19,22)/t12-/m0/s1. The number of piperidine rings is 1. The monoisotopic (exact) mass is 300 g/mol. The third kappa shape index (κ3) is 3.08. The second-order valence-corrected chi connectivity index (χ2v) is 5.37. The quantitative estimate of drug-likeness (QED) is 0.942. The predicted octanol–water partition coefficient (Wildman–Crippen LogP) is 2.10. The third-order valence-electron chi connectivity index (χ3n) is 3.96. The fourth-order valence-corrected chi connectivity index (χ4v) is 2.87. The Morgan fingerprint density at radius 2 is 2.32 bits per heavy atom. The Kier molecular flexibility index (Phi) is 4.32. The number of amides is 2. The molecule has 3 heterocycles. The minimum absolute atomic E-state index is 0.110. The summed E-state index contributed by atoms with van der Waals surface area (Å²) in [5, 5.41) is 2.82. The molecule has 0 radical (unpaired) electrons. The van der Waals surface area contributed by atoms with Gasteiger partial charge in [-0.05, 0) is 18.9 Å². The summed E-state index contributed by atoms with van der Waals surface area (Å²) in [6, 6.07) is 1.87. The van der Waals surface area contributed by atoms with Gasteiger partial charge in [0.15, 0.2) is 0 Å². The summed E-state index contributed by atoms with van der Waals surface area (Å²) in [4.78, 5) is 26.5. The van der Waals surface area contributed by atoms with Gasteiger partial charge < -0.3 is 9.47 Å². The molecule has 1 fully saturated rings. The molecule has 7 heteroatoms. The zero-order chi connectivity index (χ0) is 15.4. The lowest BCUT2D eigenvalue weighted by Crippen LogP contribution is -2.43. The Labute approximate surface area is 129 Å². The highest BCUT2D eigenvalue weighted by Gasteiger charge is 2.25. The second kappa shape index (κ2) is 6.55. The van der Waals surface area contributed by atoms with Crippen molar-refractivity contribution in [2.24, 2.45) is 0 Å². The van der Waals surface area contributed by atoms with Crippen LogP contribution in [0.2, 0.25) is 0 Å². The molecule has 22 heavy (non-hydrogen) atoms. The van der Waals surface area contributed by atoms with Crippen molar-refractivity contribution in [2.45, 2.75) is 32.2 Å². The van der Waals surface area contributed by atoms with E-state index in [1.807, 2.05) is 17.3 Å². The van der Waals surface area contributed by atoms with Crippen LogP contribution in [0.1, 0.15) is 31.6 Å². The molecule has 0 spiro atoms. The smallest absolute Gasteiger partial charge is 0.323 e. The van der Waals surface area contributed by atoms with Crippen LogP contribution < -0.4 is 5.32 Å². The number of anilines is 1. The van der Waals surface area contributed by atoms with E-state index in [1.165, 1.54) is 6.33 Å². The molecule has 1 aliphatic heterocycles. The van der Waals surface area contributed by atoms with Gasteiger partial charge >= 0.3 is 6.03 Å². The van der Waals surface area contributed by atoms with Gasteiger partial charge in [-0.3, -0.25) is 5.32 Å². The summed E-state index contributed by atoms with van der Waals surface area (Å²) in [7, 11) is 0. The maximum Gasteiger partial charge on any atom is 0.323 e. The van der Waals surface area contributed by atoms with Crippen molar-refractivity contribution in [3.63, 3.8) is 0 Å². The Hall–Kier alpha value is -2.44. The van der Waals surface area contributed by atoms with E-state index in [4.69, 9.17) is 0 Å². The van der Waals surface area contributed by atoms with Gasteiger partial charge in [-0.1, -0.05) is 6.92 Å². The van der Waals surface area contributed by atoms with Crippen molar-refractivity contribution in [3.8, 4) is 0 Å². The van der Waals surface area contributed by atoms with Gasteiger partial charge in [-0.15, -0.1) is 0 Å². The highest BCUT2D eigenvalue weighted by molar-refractivity contribution is 5.88. The summed E-state index contributed by atoms with van der Waals surface area (Å²) in [5.41, 5.74) is 0. The molecule has 2 aromatic rings. The number of carbonyl (C=O) groups is 1. The summed E-state index contributed by atoms with van der Waals surface area (Å²) in [6.07, 6.45) is 9.84. The molecule has 0 aromatic carbocycles. The lowest BCUT2D eigenvalue weighted by atomic mass is 10.1. The highest BCUT2D eigenvalue weighted by atomic mass is 16.2. The Morgan fingerprint density at radius 3 is 3.09 bits per heavy atom. The number of imidazole rings is 1. The number of nitrogens with zero attached hydrogens (tertiary/aromatic N) is 5. The van der Waals surface area contributed by atoms with Crippen molar-refractivity contribution >= 4 is 11.8 Å². The molecule has 116 valence electrons. The van der Waals surface area contributed by atoms with Crippen molar-refractivity contribution in [1.29, 1.82) is 0 Å². The zero-order valence-corrected chi connectivity index (χ0v) is 12.6. The Bertz CT molecular complexity index is 626. The van der Waals surface area contributed by atoms with E-state index in [9.17, 15) is 4.79 Å². The number of carbonyl (C=O) groups excluding carboxylic acids is 1. The predicted molar refractivity (Wildman–Crippen MR) is 82.5 cm³/mol. The van der Waals surface area contributed by atoms with Crippen LogP contribution in [0.15, 0.2) is 31.0 Å². The number of nitrogens with one attached hydrogen (secondary N) is 1. The fourth-order valence-electron chi connectivity index (χ4n) is 2.87. The van der Waals surface area contributed by atoms with E-state index in [0.29, 0.717) is 18.4 Å². The van der Waals surface area contributed by atoms with Crippen LogP contribution in [0.3, 0.4) is 0 Å². The number of aromatic nitrogens is 4. The van der Waals surface area contributed by atoms with Crippen molar-refractivity contribution < 1.29 is 4.79 Å². The molecule has 0 saturated carbocycles. The van der Waals surface area contributed by atoms with Gasteiger partial charge in [0.25, 0.3) is 0 Å². The lowest BCUT2D eigenvalue weighted by molar-refractivity contribution is 0.178. The fraction of sp³-hybridized carbons (Fsp3) is 0.467. The van der Waals surface area contributed by atoms with Gasteiger partial charge in [-0.25, -0.2) is 19.7 Å². The SMILES string of the molecule is CCc1nccn1[C@H]1CCCN(C(=O)Nc2ccncn2)C1. The molecule has 2 amide bonds. The van der Waals surface area contributed by atoms with Crippen LogP contribution in [-0.4, -0.2) is 43.5 Å². The number of likely N-dealkylation sites (tertiary alicyclic amines) is 1. The molecular weight excluding hydrogens is 280 g/mol. The lowest BCUT2D eigenvalue weighted by Gasteiger charge is -2.34. The van der Waals surface area contributed by atoms with Crippen LogP contribution >= 0.6 is 0 Å². The van der Waals surface area contributed by atoms with Gasteiger partial charge in [0.05, 0.1) is 6.04 Å². The molecule has 0 unspecified atom stereocenters. The molecule has 0 bridgehead atoms. The van der Waals surface area contributed by atoms with Gasteiger partial charge in [-0.2, -0.15) is 0 Å². The number of aryl methyl sites for hydroxylation is 1. The summed E-state index contributed by atoms with van der Waals surface area (Å²) < 4.78 is 2.20. The number of urea groups is 1. The maximum absolute atomic E-state index is 12.4. The molecule has 1 saturated heterocycles. The Morgan fingerprint density at radius 1 is 1.41 bits per heavy atom. The van der Waals surface area contributed by atoms with Crippen molar-refractivity contribution in [2.75, 3.05) is 18.4 Å². The first-order valence-electron chi connectivity index (χ1n) is 7.61. The first kappa shape index (κ1) is 14.5. The van der Waals surface area contributed by atoms with Crippen LogP contribution in [0.4, 0.5) is 10.6 Å². The first-order valence-corrected chi connectivity index (χ1v) is 7.61. The van der Waals surface area contributed by atoms with Crippen molar-refractivity contribution in [1.82, 2.24) is 24.4 Å². The highest BCUT2D eigenvalue weighted by Crippen LogP contribution is 2.23. The zero-order valence-electron chi connectivity index (χ0n) is 12.6. The number of hydrogen-bond acceptors (Lipinski definition) is 4. The van der Waals surface area contributed by atoms with Crippen molar-refractivity contribution in [3.05, 3.63) is 36.8 Å². The average Bonchev–Trinajstić information content (AvgIpc) is 3.04. The first-order chi connectivity index (χ1) is 10.8. The third-order valence-corrected chi connectivity index (χ3v) is 3.96. The summed E-state index contributed by atoms with van der Waals surface area (Å²) in [5.74, 6) is 1.60. The van der Waals surface area contributed by atoms with Gasteiger partial charge in [0.2, 0.25) is 0 Å². The van der Waals surface area contributed by atoms with Gasteiger partial charge in [0, 0.05) is 38.1 Å². The van der Waals surface area contributed by atoms with E-state index in [-0.39, 0.29) is 6.03 Å². The largest absolute Gasteiger partial charge is 0.330 e. The summed E-state index contributed by atoms with van der Waals surface area (Å²) in [6.45, 7) is 3.56. The van der Waals surface area contributed by atoms with Crippen LogP contribution in [0.25, 0.3) is 0 Å². The molecule has 1 N–H and O–H groups in total. The Balaban J connectivity index is 1.66. The average molecular weight is 300 g/mol. The van der Waals surface area contributed by atoms with Crippen LogP contribution in [0.5, 0.6) is 0 Å². The molecule has 2 aromatic heterocycles. The molecule has 3 rings (SSSR count). The van der Waals surface area contributed by atoms with Crippen LogP contribution in [0, 0.1) is 0 Å². The number of hydrogen-bond donors (Lipinski definition) is 1. The number of rotatable bonds is 3. The maximum atomic E-state index is 12.4. The molecule has 1 aliphatic rings. The van der Waals surface area contributed by atoms with E-state index < -0.39 is 0 Å². The summed E-state index contributed by atoms with van der Waals surface area (Å²) >= 11 is 0.